The Bertz CT molecular complexity index is 259. The zero-order valence-electron chi connectivity index (χ0n) is 8.90. The second-order valence-electron chi connectivity index (χ2n) is 3.59. The van der Waals surface area contributed by atoms with Crippen molar-refractivity contribution in [2.75, 3.05) is 5.75 Å². The molecule has 0 radical (unpaired) electrons. The van der Waals surface area contributed by atoms with Gasteiger partial charge in [-0.05, 0) is 6.42 Å². The van der Waals surface area contributed by atoms with Gasteiger partial charge in [-0.1, -0.05) is 39.0 Å². The van der Waals surface area contributed by atoms with Gasteiger partial charge in [0.25, 0.3) is 0 Å². The van der Waals surface area contributed by atoms with E-state index in [-0.39, 0.29) is 6.42 Å². The van der Waals surface area contributed by atoms with Crippen LogP contribution in [-0.2, 0) is 9.73 Å². The van der Waals surface area contributed by atoms with E-state index < -0.39 is 21.0 Å². The van der Waals surface area contributed by atoms with E-state index in [1.54, 1.807) is 0 Å². The normalized spacial score (nSPS) is 16.3. The molecule has 0 aliphatic heterocycles. The molecule has 0 rings (SSSR count). The summed E-state index contributed by atoms with van der Waals surface area (Å²) >= 11 is 0. The van der Waals surface area contributed by atoms with Crippen molar-refractivity contribution >= 4 is 9.73 Å². The van der Waals surface area contributed by atoms with E-state index in [0.717, 1.165) is 25.7 Å². The molecule has 0 aromatic rings. The molecule has 0 fully saturated rings. The molecule has 0 saturated carbocycles. The summed E-state index contributed by atoms with van der Waals surface area (Å²) < 4.78 is 53.5. The highest BCUT2D eigenvalue weighted by molar-refractivity contribution is 7.93. The van der Waals surface area contributed by atoms with Crippen LogP contribution in [0, 0.1) is 4.78 Å². The Kier molecular flexibility index (Phi) is 6.24. The number of halogens is 3. The molecule has 0 aliphatic carbocycles. The SMILES string of the molecule is CCCCCCCCS(=N)(=O)C(F)(F)F. The summed E-state index contributed by atoms with van der Waals surface area (Å²) in [4.78, 5) is 0. The molecule has 0 aliphatic rings. The van der Waals surface area contributed by atoms with E-state index in [0.29, 0.717) is 6.42 Å². The molecule has 0 amide bonds. The van der Waals surface area contributed by atoms with Gasteiger partial charge in [0.1, 0.15) is 9.73 Å². The average molecular weight is 245 g/mol. The van der Waals surface area contributed by atoms with Gasteiger partial charge in [0.2, 0.25) is 0 Å². The Morgan fingerprint density at radius 1 is 1.07 bits per heavy atom. The minimum atomic E-state index is -4.86. The molecule has 0 aromatic carbocycles. The third-order valence-corrected chi connectivity index (χ3v) is 3.77. The minimum Gasteiger partial charge on any atom is -0.246 e. The molecule has 0 spiro atoms. The maximum absolute atomic E-state index is 12.0. The lowest BCUT2D eigenvalue weighted by molar-refractivity contribution is -0.0406. The Balaban J connectivity index is 3.69. The molecular weight excluding hydrogens is 227 g/mol. The van der Waals surface area contributed by atoms with Crippen LogP contribution in [0.3, 0.4) is 0 Å². The number of rotatable bonds is 7. The Hall–Kier alpha value is -0.260. The van der Waals surface area contributed by atoms with Gasteiger partial charge in [0.05, 0.1) is 0 Å². The van der Waals surface area contributed by atoms with Gasteiger partial charge in [0.15, 0.2) is 0 Å². The predicted molar refractivity (Wildman–Crippen MR) is 55.2 cm³/mol. The second-order valence-corrected chi connectivity index (χ2v) is 5.81. The Labute approximate surface area is 89.2 Å². The van der Waals surface area contributed by atoms with E-state index in [4.69, 9.17) is 4.78 Å². The van der Waals surface area contributed by atoms with E-state index >= 15 is 0 Å². The van der Waals surface area contributed by atoms with E-state index in [1.165, 1.54) is 0 Å². The number of alkyl halides is 3. The molecule has 1 atom stereocenters. The third kappa shape index (κ3) is 6.02. The molecule has 0 bridgehead atoms. The summed E-state index contributed by atoms with van der Waals surface area (Å²) in [5.41, 5.74) is -4.86. The molecule has 1 unspecified atom stereocenters. The Morgan fingerprint density at radius 2 is 1.53 bits per heavy atom. The van der Waals surface area contributed by atoms with E-state index in [2.05, 4.69) is 6.92 Å². The lowest BCUT2D eigenvalue weighted by Gasteiger charge is -2.10. The summed E-state index contributed by atoms with van der Waals surface area (Å²) in [6, 6.07) is 0. The van der Waals surface area contributed by atoms with Crippen LogP contribution in [-0.4, -0.2) is 15.5 Å². The van der Waals surface area contributed by atoms with Gasteiger partial charge in [0, 0.05) is 5.75 Å². The van der Waals surface area contributed by atoms with Crippen molar-refractivity contribution in [2.45, 2.75) is 51.0 Å². The van der Waals surface area contributed by atoms with Crippen LogP contribution >= 0.6 is 0 Å². The van der Waals surface area contributed by atoms with Gasteiger partial charge in [-0.3, -0.25) is 0 Å². The molecule has 92 valence electrons. The summed E-state index contributed by atoms with van der Waals surface area (Å²) in [6.07, 6.45) is 4.88. The summed E-state index contributed by atoms with van der Waals surface area (Å²) in [7, 11) is -4.39. The van der Waals surface area contributed by atoms with Gasteiger partial charge in [-0.25, -0.2) is 8.99 Å². The first-order chi connectivity index (χ1) is 6.81. The molecule has 0 aromatic heterocycles. The van der Waals surface area contributed by atoms with Gasteiger partial charge < -0.3 is 0 Å². The molecule has 6 heteroatoms. The van der Waals surface area contributed by atoms with Crippen molar-refractivity contribution in [1.29, 1.82) is 4.78 Å². The van der Waals surface area contributed by atoms with Crippen molar-refractivity contribution in [3.05, 3.63) is 0 Å². The summed E-state index contributed by atoms with van der Waals surface area (Å²) in [5.74, 6) is -0.553. The van der Waals surface area contributed by atoms with Crippen LogP contribution < -0.4 is 0 Å². The Morgan fingerprint density at radius 3 is 2.00 bits per heavy atom. The van der Waals surface area contributed by atoms with Crippen molar-refractivity contribution in [3.63, 3.8) is 0 Å². The fraction of sp³-hybridized carbons (Fsp3) is 1.00. The lowest BCUT2D eigenvalue weighted by atomic mass is 10.1. The topological polar surface area (TPSA) is 40.9 Å². The third-order valence-electron chi connectivity index (χ3n) is 2.16. The molecule has 0 saturated heterocycles. The zero-order valence-corrected chi connectivity index (χ0v) is 9.72. The zero-order chi connectivity index (χ0) is 11.9. The van der Waals surface area contributed by atoms with Crippen LogP contribution in [0.5, 0.6) is 0 Å². The maximum atomic E-state index is 12.0. The first-order valence-electron chi connectivity index (χ1n) is 5.14. The number of unbranched alkanes of at least 4 members (excludes halogenated alkanes) is 5. The lowest BCUT2D eigenvalue weighted by Crippen LogP contribution is -2.24. The van der Waals surface area contributed by atoms with Crippen molar-refractivity contribution < 1.29 is 17.4 Å². The second kappa shape index (κ2) is 6.35. The highest BCUT2D eigenvalue weighted by Crippen LogP contribution is 2.25. The molecule has 1 N–H and O–H groups in total. The van der Waals surface area contributed by atoms with Gasteiger partial charge in [-0.15, -0.1) is 0 Å². The van der Waals surface area contributed by atoms with Crippen LogP contribution in [0.2, 0.25) is 0 Å². The minimum absolute atomic E-state index is 0.228. The molecule has 2 nitrogen and oxygen atoms in total. The monoisotopic (exact) mass is 245 g/mol. The van der Waals surface area contributed by atoms with Crippen molar-refractivity contribution in [3.8, 4) is 0 Å². The van der Waals surface area contributed by atoms with Crippen molar-refractivity contribution in [2.24, 2.45) is 0 Å². The molecular formula is C9H18F3NOS. The van der Waals surface area contributed by atoms with Gasteiger partial charge >= 0.3 is 5.51 Å². The highest BCUT2D eigenvalue weighted by Gasteiger charge is 2.40. The fourth-order valence-electron chi connectivity index (χ4n) is 1.20. The number of nitrogens with one attached hydrogen (secondary N) is 1. The summed E-state index contributed by atoms with van der Waals surface area (Å²) in [6.45, 7) is 2.06. The molecule has 0 heterocycles. The van der Waals surface area contributed by atoms with Crippen LogP contribution in [0.25, 0.3) is 0 Å². The highest BCUT2D eigenvalue weighted by atomic mass is 32.2. The largest absolute Gasteiger partial charge is 0.479 e. The fourth-order valence-corrected chi connectivity index (χ4v) is 2.04. The first-order valence-corrected chi connectivity index (χ1v) is 6.86. The standard InChI is InChI=1S/C9H18F3NOS/c1-2-3-4-5-6-7-8-15(13,14)9(10,11)12/h13H,2-8H2,1H3. The van der Waals surface area contributed by atoms with E-state index in [1.807, 2.05) is 0 Å². The van der Waals surface area contributed by atoms with Crippen LogP contribution in [0.1, 0.15) is 45.4 Å². The number of hydrogen-bond acceptors (Lipinski definition) is 2. The quantitative estimate of drug-likeness (QED) is 0.679. The predicted octanol–water partition coefficient (Wildman–Crippen LogP) is 3.91. The van der Waals surface area contributed by atoms with Gasteiger partial charge in [-0.2, -0.15) is 13.2 Å². The maximum Gasteiger partial charge on any atom is 0.479 e. The van der Waals surface area contributed by atoms with Crippen LogP contribution in [0.4, 0.5) is 13.2 Å². The van der Waals surface area contributed by atoms with Crippen molar-refractivity contribution in [1.82, 2.24) is 0 Å². The average Bonchev–Trinajstić information content (AvgIpc) is 2.09. The first kappa shape index (κ1) is 14.7. The van der Waals surface area contributed by atoms with Crippen LogP contribution in [0.15, 0.2) is 0 Å². The van der Waals surface area contributed by atoms with E-state index in [9.17, 15) is 17.4 Å². The molecule has 15 heavy (non-hydrogen) atoms. The summed E-state index contributed by atoms with van der Waals surface area (Å²) in [5, 5.41) is 0. The number of hydrogen-bond donors (Lipinski definition) is 1. The smallest absolute Gasteiger partial charge is 0.246 e.